The van der Waals surface area contributed by atoms with Gasteiger partial charge >= 0.3 is 0 Å². The molecule has 150 valence electrons. The van der Waals surface area contributed by atoms with Crippen molar-refractivity contribution < 1.29 is 13.2 Å². The molecule has 2 aromatic rings. The molecule has 0 N–H and O–H groups in total. The lowest BCUT2D eigenvalue weighted by atomic mass is 10.1. The lowest BCUT2D eigenvalue weighted by Crippen LogP contribution is -2.50. The molecule has 0 aliphatic carbocycles. The topological polar surface area (TPSA) is 57.7 Å². The first-order valence-corrected chi connectivity index (χ1v) is 11.1. The minimum Gasteiger partial charge on any atom is -0.340 e. The summed E-state index contributed by atoms with van der Waals surface area (Å²) in [5.74, 6) is 0.0874. The normalized spacial score (nSPS) is 15.6. The third kappa shape index (κ3) is 4.62. The fourth-order valence-electron chi connectivity index (χ4n) is 3.47. The summed E-state index contributed by atoms with van der Waals surface area (Å²) in [6.07, 6.45) is 1.16. The molecule has 1 saturated heterocycles. The Morgan fingerprint density at radius 2 is 1.50 bits per heavy atom. The standard InChI is InChI=1S/C22H28N2O3S/c1-17-5-8-20(9-6-17)10-11-22(25)23-12-14-24(15-13-23)28(26,27)21-16-18(2)4-7-19(21)3/h4-9,16H,10-15H2,1-3H3. The van der Waals surface area contributed by atoms with Crippen LogP contribution in [-0.2, 0) is 21.2 Å². The predicted octanol–water partition coefficient (Wildman–Crippen LogP) is 3.08. The van der Waals surface area contributed by atoms with Crippen LogP contribution in [0.2, 0.25) is 0 Å². The van der Waals surface area contributed by atoms with Gasteiger partial charge in [-0.3, -0.25) is 4.79 Å². The first-order valence-electron chi connectivity index (χ1n) is 9.68. The van der Waals surface area contributed by atoms with E-state index in [2.05, 4.69) is 24.3 Å². The maximum absolute atomic E-state index is 13.0. The van der Waals surface area contributed by atoms with E-state index in [0.29, 0.717) is 43.9 Å². The van der Waals surface area contributed by atoms with Crippen molar-refractivity contribution in [3.05, 3.63) is 64.7 Å². The molecule has 1 aliphatic heterocycles. The number of nitrogens with zero attached hydrogens (tertiary/aromatic N) is 2. The number of carbonyl (C=O) groups is 1. The zero-order chi connectivity index (χ0) is 20.3. The molecule has 6 heteroatoms. The highest BCUT2D eigenvalue weighted by molar-refractivity contribution is 7.89. The van der Waals surface area contributed by atoms with Crippen LogP contribution < -0.4 is 0 Å². The minimum atomic E-state index is -3.53. The molecule has 1 heterocycles. The minimum absolute atomic E-state index is 0.0874. The van der Waals surface area contributed by atoms with Crippen LogP contribution in [0.4, 0.5) is 0 Å². The van der Waals surface area contributed by atoms with Crippen molar-refractivity contribution in [2.75, 3.05) is 26.2 Å². The summed E-state index contributed by atoms with van der Waals surface area (Å²) in [7, 11) is -3.53. The monoisotopic (exact) mass is 400 g/mol. The number of aryl methyl sites for hydroxylation is 4. The van der Waals surface area contributed by atoms with Crippen molar-refractivity contribution in [2.24, 2.45) is 0 Å². The van der Waals surface area contributed by atoms with Gasteiger partial charge in [-0.1, -0.05) is 42.0 Å². The molecule has 1 amide bonds. The third-order valence-electron chi connectivity index (χ3n) is 5.30. The summed E-state index contributed by atoms with van der Waals surface area (Å²) in [4.78, 5) is 14.7. The van der Waals surface area contributed by atoms with Crippen molar-refractivity contribution in [1.82, 2.24) is 9.21 Å². The van der Waals surface area contributed by atoms with E-state index in [-0.39, 0.29) is 5.91 Å². The van der Waals surface area contributed by atoms with Gasteiger partial charge in [-0.05, 0) is 49.9 Å². The Balaban J connectivity index is 1.58. The van der Waals surface area contributed by atoms with Gasteiger partial charge in [0, 0.05) is 32.6 Å². The molecule has 0 saturated carbocycles. The van der Waals surface area contributed by atoms with Crippen molar-refractivity contribution in [3.8, 4) is 0 Å². The summed E-state index contributed by atoms with van der Waals surface area (Å²) in [5.41, 5.74) is 4.03. The Morgan fingerprint density at radius 1 is 0.893 bits per heavy atom. The van der Waals surface area contributed by atoms with Crippen LogP contribution in [-0.4, -0.2) is 49.7 Å². The fourth-order valence-corrected chi connectivity index (χ4v) is 5.20. The number of carbonyl (C=O) groups excluding carboxylic acids is 1. The second kappa shape index (κ2) is 8.45. The average molecular weight is 401 g/mol. The van der Waals surface area contributed by atoms with Crippen molar-refractivity contribution >= 4 is 15.9 Å². The maximum atomic E-state index is 13.0. The van der Waals surface area contributed by atoms with Crippen LogP contribution >= 0.6 is 0 Å². The zero-order valence-electron chi connectivity index (χ0n) is 16.8. The van der Waals surface area contributed by atoms with E-state index >= 15 is 0 Å². The lowest BCUT2D eigenvalue weighted by Gasteiger charge is -2.34. The molecule has 3 rings (SSSR count). The molecule has 2 aromatic carbocycles. The summed E-state index contributed by atoms with van der Waals surface area (Å²) >= 11 is 0. The molecule has 0 radical (unpaired) electrons. The first kappa shape index (κ1) is 20.6. The van der Waals surface area contributed by atoms with Crippen LogP contribution in [0.5, 0.6) is 0 Å². The molecule has 28 heavy (non-hydrogen) atoms. The number of hydrogen-bond donors (Lipinski definition) is 0. The van der Waals surface area contributed by atoms with E-state index in [0.717, 1.165) is 16.7 Å². The van der Waals surface area contributed by atoms with Crippen molar-refractivity contribution in [3.63, 3.8) is 0 Å². The second-order valence-corrected chi connectivity index (χ2v) is 9.45. The highest BCUT2D eigenvalue weighted by Gasteiger charge is 2.30. The number of sulfonamides is 1. The third-order valence-corrected chi connectivity index (χ3v) is 7.34. The molecular weight excluding hydrogens is 372 g/mol. The molecule has 0 unspecified atom stereocenters. The number of piperazine rings is 1. The average Bonchev–Trinajstić information content (AvgIpc) is 2.69. The van der Waals surface area contributed by atoms with Crippen LogP contribution in [0.1, 0.15) is 28.7 Å². The number of rotatable bonds is 5. The summed E-state index contributed by atoms with van der Waals surface area (Å²) < 4.78 is 27.5. The molecular formula is C22H28N2O3S. The summed E-state index contributed by atoms with van der Waals surface area (Å²) in [6, 6.07) is 13.7. The Hall–Kier alpha value is -2.18. The Morgan fingerprint density at radius 3 is 2.14 bits per heavy atom. The number of hydrogen-bond acceptors (Lipinski definition) is 3. The van der Waals surface area contributed by atoms with Gasteiger partial charge < -0.3 is 4.90 Å². The van der Waals surface area contributed by atoms with E-state index in [1.54, 1.807) is 11.0 Å². The molecule has 0 bridgehead atoms. The fraction of sp³-hybridized carbons (Fsp3) is 0.409. The molecule has 0 aromatic heterocycles. The van der Waals surface area contributed by atoms with Gasteiger partial charge in [0.25, 0.3) is 0 Å². The van der Waals surface area contributed by atoms with Gasteiger partial charge in [-0.25, -0.2) is 8.42 Å². The Kier molecular flexibility index (Phi) is 6.20. The van der Waals surface area contributed by atoms with Crippen molar-refractivity contribution in [2.45, 2.75) is 38.5 Å². The van der Waals surface area contributed by atoms with Gasteiger partial charge in [-0.2, -0.15) is 4.31 Å². The van der Waals surface area contributed by atoms with Gasteiger partial charge in [-0.15, -0.1) is 0 Å². The predicted molar refractivity (Wildman–Crippen MR) is 111 cm³/mol. The smallest absolute Gasteiger partial charge is 0.243 e. The van der Waals surface area contributed by atoms with E-state index < -0.39 is 10.0 Å². The molecule has 5 nitrogen and oxygen atoms in total. The number of benzene rings is 2. The summed E-state index contributed by atoms with van der Waals surface area (Å²) in [6.45, 7) is 7.31. The largest absolute Gasteiger partial charge is 0.340 e. The Labute approximate surface area is 168 Å². The van der Waals surface area contributed by atoms with Crippen LogP contribution in [0, 0.1) is 20.8 Å². The van der Waals surface area contributed by atoms with E-state index in [1.807, 2.05) is 32.9 Å². The maximum Gasteiger partial charge on any atom is 0.243 e. The van der Waals surface area contributed by atoms with Crippen molar-refractivity contribution in [1.29, 1.82) is 0 Å². The zero-order valence-corrected chi connectivity index (χ0v) is 17.6. The highest BCUT2D eigenvalue weighted by atomic mass is 32.2. The lowest BCUT2D eigenvalue weighted by molar-refractivity contribution is -0.132. The SMILES string of the molecule is Cc1ccc(CCC(=O)N2CCN(S(=O)(=O)c3cc(C)ccc3C)CC2)cc1. The summed E-state index contributed by atoms with van der Waals surface area (Å²) in [5, 5.41) is 0. The quantitative estimate of drug-likeness (QED) is 0.775. The Bertz CT molecular complexity index is 944. The van der Waals surface area contributed by atoms with Gasteiger partial charge in [0.15, 0.2) is 0 Å². The van der Waals surface area contributed by atoms with E-state index in [4.69, 9.17) is 0 Å². The van der Waals surface area contributed by atoms with Gasteiger partial charge in [0.2, 0.25) is 15.9 Å². The van der Waals surface area contributed by atoms with Crippen LogP contribution in [0.25, 0.3) is 0 Å². The first-order chi connectivity index (χ1) is 13.3. The number of amides is 1. The van der Waals surface area contributed by atoms with Crippen LogP contribution in [0.15, 0.2) is 47.4 Å². The molecule has 1 fully saturated rings. The molecule has 1 aliphatic rings. The van der Waals surface area contributed by atoms with Gasteiger partial charge in [0.1, 0.15) is 0 Å². The molecule has 0 atom stereocenters. The van der Waals surface area contributed by atoms with E-state index in [1.165, 1.54) is 9.87 Å². The highest BCUT2D eigenvalue weighted by Crippen LogP contribution is 2.22. The van der Waals surface area contributed by atoms with E-state index in [9.17, 15) is 13.2 Å². The van der Waals surface area contributed by atoms with Crippen LogP contribution in [0.3, 0.4) is 0 Å². The second-order valence-electron chi connectivity index (χ2n) is 7.54. The molecule has 0 spiro atoms. The van der Waals surface area contributed by atoms with Gasteiger partial charge in [0.05, 0.1) is 4.90 Å².